The Bertz CT molecular complexity index is 132. The van der Waals surface area contributed by atoms with Crippen molar-refractivity contribution >= 4 is 0 Å². The van der Waals surface area contributed by atoms with E-state index in [-0.39, 0.29) is 18.8 Å². The van der Waals surface area contributed by atoms with Gasteiger partial charge < -0.3 is 20.3 Å². The Morgan fingerprint density at radius 1 is 1.23 bits per heavy atom. The van der Waals surface area contributed by atoms with E-state index in [2.05, 4.69) is 0 Å². The summed E-state index contributed by atoms with van der Waals surface area (Å²) in [5.41, 5.74) is 5.81. The maximum Gasteiger partial charge on any atom is 0.0727 e. The number of hydrogen-bond donors (Lipinski definition) is 2. The minimum Gasteiger partial charge on any atom is -0.394 e. The second-order valence-corrected chi connectivity index (χ2v) is 3.34. The SMILES string of the molecule is NC1CCCC1OCCOCCO. The number of nitrogens with two attached hydrogens (primary N) is 1. The molecule has 0 radical (unpaired) electrons. The van der Waals surface area contributed by atoms with E-state index in [0.717, 1.165) is 12.8 Å². The van der Waals surface area contributed by atoms with E-state index < -0.39 is 0 Å². The first-order valence-corrected chi connectivity index (χ1v) is 4.90. The fraction of sp³-hybridized carbons (Fsp3) is 1.00. The van der Waals surface area contributed by atoms with Crippen LogP contribution in [0, 0.1) is 0 Å². The van der Waals surface area contributed by atoms with Crippen LogP contribution >= 0.6 is 0 Å². The second kappa shape index (κ2) is 6.32. The van der Waals surface area contributed by atoms with Crippen LogP contribution in [-0.4, -0.2) is 43.7 Å². The van der Waals surface area contributed by atoms with Crippen LogP contribution in [0.4, 0.5) is 0 Å². The maximum absolute atomic E-state index is 8.43. The normalized spacial score (nSPS) is 28.2. The van der Waals surface area contributed by atoms with Crippen molar-refractivity contribution in [2.45, 2.75) is 31.4 Å². The lowest BCUT2D eigenvalue weighted by atomic mass is 10.2. The minimum absolute atomic E-state index is 0.0724. The summed E-state index contributed by atoms with van der Waals surface area (Å²) in [6.45, 7) is 1.59. The predicted molar refractivity (Wildman–Crippen MR) is 49.5 cm³/mol. The van der Waals surface area contributed by atoms with Gasteiger partial charge in [-0.05, 0) is 19.3 Å². The topological polar surface area (TPSA) is 64.7 Å². The van der Waals surface area contributed by atoms with Crippen molar-refractivity contribution in [2.75, 3.05) is 26.4 Å². The van der Waals surface area contributed by atoms with Gasteiger partial charge in [0, 0.05) is 6.04 Å². The zero-order valence-electron chi connectivity index (χ0n) is 7.95. The van der Waals surface area contributed by atoms with Gasteiger partial charge in [0.05, 0.1) is 32.5 Å². The number of rotatable bonds is 6. The Labute approximate surface area is 79.0 Å². The summed E-state index contributed by atoms with van der Waals surface area (Å²) in [6.07, 6.45) is 3.53. The van der Waals surface area contributed by atoms with Crippen LogP contribution in [0.1, 0.15) is 19.3 Å². The van der Waals surface area contributed by atoms with E-state index in [1.807, 2.05) is 0 Å². The smallest absolute Gasteiger partial charge is 0.0727 e. The summed E-state index contributed by atoms with van der Waals surface area (Å²) in [4.78, 5) is 0. The molecule has 13 heavy (non-hydrogen) atoms. The molecular weight excluding hydrogens is 170 g/mol. The molecule has 1 aliphatic rings. The van der Waals surface area contributed by atoms with Gasteiger partial charge in [-0.2, -0.15) is 0 Å². The Balaban J connectivity index is 1.93. The molecule has 0 aromatic carbocycles. The average molecular weight is 189 g/mol. The highest BCUT2D eigenvalue weighted by atomic mass is 16.5. The van der Waals surface area contributed by atoms with Gasteiger partial charge in [-0.3, -0.25) is 0 Å². The van der Waals surface area contributed by atoms with Crippen molar-refractivity contribution in [1.82, 2.24) is 0 Å². The van der Waals surface area contributed by atoms with Crippen molar-refractivity contribution in [2.24, 2.45) is 5.73 Å². The van der Waals surface area contributed by atoms with Gasteiger partial charge in [-0.15, -0.1) is 0 Å². The molecule has 0 aliphatic heterocycles. The standard InChI is InChI=1S/C9H19NO3/c10-8-2-1-3-9(8)13-7-6-12-5-4-11/h8-9,11H,1-7,10H2. The van der Waals surface area contributed by atoms with Gasteiger partial charge in [0.1, 0.15) is 0 Å². The molecule has 0 amide bonds. The molecule has 1 rings (SSSR count). The van der Waals surface area contributed by atoms with Crippen LogP contribution in [0.2, 0.25) is 0 Å². The fourth-order valence-corrected chi connectivity index (χ4v) is 1.59. The van der Waals surface area contributed by atoms with Crippen LogP contribution in [0.5, 0.6) is 0 Å². The lowest BCUT2D eigenvalue weighted by Gasteiger charge is -2.15. The maximum atomic E-state index is 8.43. The number of aliphatic hydroxyl groups is 1. The van der Waals surface area contributed by atoms with Crippen LogP contribution < -0.4 is 5.73 Å². The van der Waals surface area contributed by atoms with Crippen LogP contribution in [0.3, 0.4) is 0 Å². The van der Waals surface area contributed by atoms with Gasteiger partial charge in [-0.1, -0.05) is 0 Å². The Kier molecular flexibility index (Phi) is 5.31. The molecule has 0 bridgehead atoms. The van der Waals surface area contributed by atoms with Crippen molar-refractivity contribution < 1.29 is 14.6 Å². The van der Waals surface area contributed by atoms with Gasteiger partial charge in [-0.25, -0.2) is 0 Å². The summed E-state index contributed by atoms with van der Waals surface area (Å²) in [5.74, 6) is 0. The van der Waals surface area contributed by atoms with E-state index in [1.165, 1.54) is 6.42 Å². The third-order valence-corrected chi connectivity index (χ3v) is 2.30. The lowest BCUT2D eigenvalue weighted by Crippen LogP contribution is -2.32. The van der Waals surface area contributed by atoms with Gasteiger partial charge >= 0.3 is 0 Å². The highest BCUT2D eigenvalue weighted by Gasteiger charge is 2.23. The van der Waals surface area contributed by atoms with Crippen molar-refractivity contribution in [3.05, 3.63) is 0 Å². The molecule has 0 heterocycles. The second-order valence-electron chi connectivity index (χ2n) is 3.34. The molecule has 2 atom stereocenters. The molecule has 0 aromatic rings. The van der Waals surface area contributed by atoms with E-state index in [9.17, 15) is 0 Å². The highest BCUT2D eigenvalue weighted by molar-refractivity contribution is 4.80. The summed E-state index contributed by atoms with van der Waals surface area (Å²) < 4.78 is 10.6. The molecule has 4 nitrogen and oxygen atoms in total. The third-order valence-electron chi connectivity index (χ3n) is 2.30. The van der Waals surface area contributed by atoms with Crippen LogP contribution in [0.25, 0.3) is 0 Å². The lowest BCUT2D eigenvalue weighted by molar-refractivity contribution is -0.00480. The van der Waals surface area contributed by atoms with Crippen molar-refractivity contribution in [3.8, 4) is 0 Å². The summed E-state index contributed by atoms with van der Waals surface area (Å²) >= 11 is 0. The molecule has 4 heteroatoms. The van der Waals surface area contributed by atoms with E-state index in [4.69, 9.17) is 20.3 Å². The first kappa shape index (κ1) is 10.9. The van der Waals surface area contributed by atoms with Crippen molar-refractivity contribution in [1.29, 1.82) is 0 Å². The molecule has 0 spiro atoms. The largest absolute Gasteiger partial charge is 0.394 e. The summed E-state index contributed by atoms with van der Waals surface area (Å²) in [5, 5.41) is 8.43. The first-order chi connectivity index (χ1) is 6.34. The number of hydrogen-bond acceptors (Lipinski definition) is 4. The molecule has 78 valence electrons. The Hall–Kier alpha value is -0.160. The average Bonchev–Trinajstić information content (AvgIpc) is 2.52. The third kappa shape index (κ3) is 4.04. The molecule has 3 N–H and O–H groups in total. The molecule has 1 aliphatic carbocycles. The highest BCUT2D eigenvalue weighted by Crippen LogP contribution is 2.19. The van der Waals surface area contributed by atoms with Crippen LogP contribution in [0.15, 0.2) is 0 Å². The number of aliphatic hydroxyl groups excluding tert-OH is 1. The van der Waals surface area contributed by atoms with Crippen LogP contribution in [-0.2, 0) is 9.47 Å². The zero-order chi connectivity index (χ0) is 9.52. The summed E-state index contributed by atoms with van der Waals surface area (Å²) in [7, 11) is 0. The minimum atomic E-state index is 0.0724. The Morgan fingerprint density at radius 2 is 2.08 bits per heavy atom. The molecule has 1 fully saturated rings. The quantitative estimate of drug-likeness (QED) is 0.572. The van der Waals surface area contributed by atoms with Gasteiger partial charge in [0.25, 0.3) is 0 Å². The van der Waals surface area contributed by atoms with E-state index >= 15 is 0 Å². The first-order valence-electron chi connectivity index (χ1n) is 4.90. The Morgan fingerprint density at radius 3 is 2.69 bits per heavy atom. The summed E-state index contributed by atoms with van der Waals surface area (Å²) in [6, 6.07) is 0.206. The van der Waals surface area contributed by atoms with Gasteiger partial charge in [0.2, 0.25) is 0 Å². The predicted octanol–water partition coefficient (Wildman–Crippen LogP) is -0.108. The van der Waals surface area contributed by atoms with Crippen molar-refractivity contribution in [3.63, 3.8) is 0 Å². The number of ether oxygens (including phenoxy) is 2. The van der Waals surface area contributed by atoms with E-state index in [1.54, 1.807) is 0 Å². The van der Waals surface area contributed by atoms with Gasteiger partial charge in [0.15, 0.2) is 0 Å². The molecule has 1 saturated carbocycles. The fourth-order valence-electron chi connectivity index (χ4n) is 1.59. The molecule has 0 aromatic heterocycles. The molecule has 2 unspecified atom stereocenters. The monoisotopic (exact) mass is 189 g/mol. The molecule has 0 saturated heterocycles. The zero-order valence-corrected chi connectivity index (χ0v) is 7.95. The molecular formula is C9H19NO3. The van der Waals surface area contributed by atoms with E-state index in [0.29, 0.717) is 19.8 Å².